The maximum atomic E-state index is 13.0. The number of carboxylic acids is 1. The van der Waals surface area contributed by atoms with Gasteiger partial charge in [0.15, 0.2) is 5.69 Å². The Bertz CT molecular complexity index is 849. The number of carbonyl (C=O) groups excluding carboxylic acids is 1. The zero-order valence-electron chi connectivity index (χ0n) is 12.8. The van der Waals surface area contributed by atoms with Gasteiger partial charge in [-0.25, -0.2) is 4.79 Å². The maximum absolute atomic E-state index is 13.0. The van der Waals surface area contributed by atoms with E-state index in [0.717, 1.165) is 17.8 Å². The molecule has 0 spiro atoms. The lowest BCUT2D eigenvalue weighted by Gasteiger charge is -2.16. The first-order valence-electron chi connectivity index (χ1n) is 7.46. The molecule has 0 saturated carbocycles. The quantitative estimate of drug-likeness (QED) is 0.891. The molecule has 2 N–H and O–H groups in total. The molecule has 2 aromatic rings. The number of carbonyl (C=O) groups is 2. The largest absolute Gasteiger partial charge is 0.478 e. The number of nitrogens with zero attached hydrogens (tertiary/aromatic N) is 1. The van der Waals surface area contributed by atoms with Gasteiger partial charge in [-0.3, -0.25) is 9.78 Å². The Hall–Kier alpha value is -2.90. The number of aryl methyl sites for hydroxylation is 1. The fraction of sp³-hybridized carbons (Fsp3) is 0.235. The van der Waals surface area contributed by atoms with Crippen molar-refractivity contribution in [2.75, 3.05) is 0 Å². The summed E-state index contributed by atoms with van der Waals surface area (Å²) in [5, 5.41) is 11.6. The monoisotopic (exact) mass is 350 g/mol. The predicted octanol–water partition coefficient (Wildman–Crippen LogP) is 3.22. The fourth-order valence-corrected chi connectivity index (χ4v) is 2.94. The van der Waals surface area contributed by atoms with Crippen molar-refractivity contribution in [3.63, 3.8) is 0 Å². The van der Waals surface area contributed by atoms with E-state index in [9.17, 15) is 22.8 Å². The molecule has 130 valence electrons. The van der Waals surface area contributed by atoms with Crippen LogP contribution in [-0.2, 0) is 12.6 Å². The topological polar surface area (TPSA) is 79.3 Å². The highest BCUT2D eigenvalue weighted by molar-refractivity contribution is 5.96. The highest BCUT2D eigenvalue weighted by atomic mass is 19.4. The minimum absolute atomic E-state index is 0.0669. The molecule has 1 atom stereocenters. The van der Waals surface area contributed by atoms with E-state index in [1.807, 2.05) is 0 Å². The minimum atomic E-state index is -4.74. The number of carboxylic acid groups (broad SMARTS) is 1. The second-order valence-corrected chi connectivity index (χ2v) is 5.68. The summed E-state index contributed by atoms with van der Waals surface area (Å²) in [5.41, 5.74) is -0.247. The van der Waals surface area contributed by atoms with Gasteiger partial charge in [-0.1, -0.05) is 6.07 Å². The Balaban J connectivity index is 1.88. The number of rotatable bonds is 3. The molecule has 1 aliphatic carbocycles. The van der Waals surface area contributed by atoms with Gasteiger partial charge >= 0.3 is 12.1 Å². The molecule has 25 heavy (non-hydrogen) atoms. The lowest BCUT2D eigenvalue weighted by molar-refractivity contribution is -0.141. The van der Waals surface area contributed by atoms with Crippen molar-refractivity contribution < 1.29 is 27.9 Å². The van der Waals surface area contributed by atoms with E-state index in [-0.39, 0.29) is 5.56 Å². The van der Waals surface area contributed by atoms with Crippen LogP contribution >= 0.6 is 0 Å². The van der Waals surface area contributed by atoms with Crippen LogP contribution in [0.3, 0.4) is 0 Å². The first-order chi connectivity index (χ1) is 11.8. The molecule has 8 heteroatoms. The van der Waals surface area contributed by atoms with E-state index in [0.29, 0.717) is 18.4 Å². The molecule has 0 radical (unpaired) electrons. The highest BCUT2D eigenvalue weighted by Crippen LogP contribution is 2.33. The lowest BCUT2D eigenvalue weighted by atomic mass is 10.0. The van der Waals surface area contributed by atoms with Gasteiger partial charge in [0.05, 0.1) is 17.2 Å². The van der Waals surface area contributed by atoms with Crippen molar-refractivity contribution in [1.29, 1.82) is 0 Å². The number of fused-ring (bicyclic) bond motifs is 1. The molecule has 1 unspecified atom stereocenters. The molecular weight excluding hydrogens is 337 g/mol. The molecule has 0 bridgehead atoms. The zero-order valence-corrected chi connectivity index (χ0v) is 12.8. The summed E-state index contributed by atoms with van der Waals surface area (Å²) in [5.74, 6) is -2.00. The van der Waals surface area contributed by atoms with Crippen molar-refractivity contribution in [1.82, 2.24) is 10.3 Å². The van der Waals surface area contributed by atoms with Crippen molar-refractivity contribution in [2.24, 2.45) is 0 Å². The van der Waals surface area contributed by atoms with Crippen LogP contribution in [0.1, 0.15) is 50.0 Å². The molecule has 3 rings (SSSR count). The van der Waals surface area contributed by atoms with Crippen LogP contribution in [-0.4, -0.2) is 22.0 Å². The van der Waals surface area contributed by atoms with Crippen molar-refractivity contribution in [3.05, 3.63) is 64.5 Å². The van der Waals surface area contributed by atoms with E-state index in [1.54, 1.807) is 6.07 Å². The molecule has 1 heterocycles. The smallest absolute Gasteiger partial charge is 0.434 e. The first kappa shape index (κ1) is 16.9. The summed E-state index contributed by atoms with van der Waals surface area (Å²) in [6.07, 6.45) is -2.66. The van der Waals surface area contributed by atoms with Crippen LogP contribution in [0.4, 0.5) is 13.2 Å². The third-order valence-electron chi connectivity index (χ3n) is 4.10. The molecule has 0 fully saturated rings. The van der Waals surface area contributed by atoms with Crippen LogP contribution < -0.4 is 5.32 Å². The van der Waals surface area contributed by atoms with Crippen LogP contribution in [0.5, 0.6) is 0 Å². The van der Waals surface area contributed by atoms with Gasteiger partial charge in [0, 0.05) is 6.20 Å². The normalized spacial score (nSPS) is 16.4. The third-order valence-corrected chi connectivity index (χ3v) is 4.10. The summed E-state index contributed by atoms with van der Waals surface area (Å²) in [4.78, 5) is 26.7. The van der Waals surface area contributed by atoms with Gasteiger partial charge in [0.1, 0.15) is 0 Å². The molecule has 0 aliphatic heterocycles. The van der Waals surface area contributed by atoms with E-state index in [2.05, 4.69) is 10.3 Å². The molecular formula is C17H13F3N2O3. The Morgan fingerprint density at radius 2 is 2.00 bits per heavy atom. The fourth-order valence-electron chi connectivity index (χ4n) is 2.94. The molecule has 1 aromatic heterocycles. The number of amides is 1. The number of aromatic nitrogens is 1. The van der Waals surface area contributed by atoms with Crippen molar-refractivity contribution in [3.8, 4) is 0 Å². The zero-order chi connectivity index (χ0) is 18.2. The van der Waals surface area contributed by atoms with Gasteiger partial charge < -0.3 is 10.4 Å². The van der Waals surface area contributed by atoms with Gasteiger partial charge in [-0.2, -0.15) is 13.2 Å². The van der Waals surface area contributed by atoms with E-state index >= 15 is 0 Å². The number of pyridine rings is 1. The van der Waals surface area contributed by atoms with E-state index < -0.39 is 35.4 Å². The summed E-state index contributed by atoms with van der Waals surface area (Å²) in [6.45, 7) is 0. The molecule has 1 aromatic carbocycles. The van der Waals surface area contributed by atoms with Crippen molar-refractivity contribution >= 4 is 11.9 Å². The predicted molar refractivity (Wildman–Crippen MR) is 81.2 cm³/mol. The summed E-state index contributed by atoms with van der Waals surface area (Å²) in [7, 11) is 0. The molecule has 0 saturated heterocycles. The average molecular weight is 350 g/mol. The molecule has 5 nitrogen and oxygen atoms in total. The number of hydrogen-bond acceptors (Lipinski definition) is 3. The van der Waals surface area contributed by atoms with Crippen LogP contribution in [0.25, 0.3) is 0 Å². The number of nitrogens with one attached hydrogen (secondary N) is 1. The van der Waals surface area contributed by atoms with E-state index in [4.69, 9.17) is 5.11 Å². The highest BCUT2D eigenvalue weighted by Gasteiger charge is 2.37. The Morgan fingerprint density at radius 1 is 1.24 bits per heavy atom. The second-order valence-electron chi connectivity index (χ2n) is 5.68. The summed E-state index contributed by atoms with van der Waals surface area (Å²) >= 11 is 0. The third kappa shape index (κ3) is 3.33. The minimum Gasteiger partial charge on any atom is -0.478 e. The Morgan fingerprint density at radius 3 is 2.68 bits per heavy atom. The Kier molecular flexibility index (Phi) is 4.20. The van der Waals surface area contributed by atoms with Crippen LogP contribution in [0.15, 0.2) is 36.5 Å². The number of benzene rings is 1. The number of aromatic carboxylic acids is 1. The number of halogens is 3. The van der Waals surface area contributed by atoms with E-state index in [1.165, 1.54) is 18.2 Å². The van der Waals surface area contributed by atoms with Crippen molar-refractivity contribution in [2.45, 2.75) is 25.1 Å². The lowest BCUT2D eigenvalue weighted by Crippen LogP contribution is -2.29. The SMILES string of the molecule is O=C(O)c1ccc2c(c1)C(NC(=O)c1cccnc1C(F)(F)F)CC2. The number of hydrogen-bond donors (Lipinski definition) is 2. The average Bonchev–Trinajstić information content (AvgIpc) is 2.96. The number of alkyl halides is 3. The second kappa shape index (κ2) is 6.19. The van der Waals surface area contributed by atoms with Gasteiger partial charge in [0.25, 0.3) is 5.91 Å². The maximum Gasteiger partial charge on any atom is 0.434 e. The van der Waals surface area contributed by atoms with Gasteiger partial charge in [-0.05, 0) is 48.2 Å². The van der Waals surface area contributed by atoms with Gasteiger partial charge in [0.2, 0.25) is 0 Å². The van der Waals surface area contributed by atoms with Crippen LogP contribution in [0, 0.1) is 0 Å². The summed E-state index contributed by atoms with van der Waals surface area (Å²) in [6, 6.07) is 6.36. The Labute approximate surface area is 140 Å². The standard InChI is InChI=1S/C17H13F3N2O3/c18-17(19,20)14-11(2-1-7-21-14)15(23)22-13-6-5-9-3-4-10(16(24)25)8-12(9)13/h1-4,7-8,13H,5-6H2,(H,22,23)(H,24,25). The molecule has 1 aliphatic rings. The first-order valence-corrected chi connectivity index (χ1v) is 7.46. The van der Waals surface area contributed by atoms with Crippen LogP contribution in [0.2, 0.25) is 0 Å². The van der Waals surface area contributed by atoms with Gasteiger partial charge in [-0.15, -0.1) is 0 Å². The molecule has 1 amide bonds. The summed E-state index contributed by atoms with van der Waals surface area (Å²) < 4.78 is 39.0.